The van der Waals surface area contributed by atoms with E-state index in [-0.39, 0.29) is 24.3 Å². The fourth-order valence-electron chi connectivity index (χ4n) is 2.62. The third-order valence-corrected chi connectivity index (χ3v) is 3.75. The number of carbonyl (C=O) groups excluding carboxylic acids is 1. The Bertz CT molecular complexity index is 615. The number of imidazole rings is 1. The number of carbonyl (C=O) groups is 1. The number of hydrogen-bond donors (Lipinski definition) is 0. The monoisotopic (exact) mass is 300 g/mol. The van der Waals surface area contributed by atoms with Gasteiger partial charge in [0.05, 0.1) is 18.1 Å². The molecule has 1 aromatic heterocycles. The number of aryl methyl sites for hydroxylation is 1. The summed E-state index contributed by atoms with van der Waals surface area (Å²) < 4.78 is 13.3. The topological polar surface area (TPSA) is 53.4 Å². The van der Waals surface area contributed by atoms with Gasteiger partial charge in [0, 0.05) is 25.7 Å². The summed E-state index contributed by atoms with van der Waals surface area (Å²) in [4.78, 5) is 16.1. The van der Waals surface area contributed by atoms with Crippen molar-refractivity contribution in [2.24, 2.45) is 7.05 Å². The average molecular weight is 300 g/mol. The van der Waals surface area contributed by atoms with Crippen molar-refractivity contribution in [3.8, 4) is 0 Å². The Morgan fingerprint density at radius 1 is 1.45 bits per heavy atom. The van der Waals surface area contributed by atoms with Crippen LogP contribution in [0.4, 0.5) is 0 Å². The minimum atomic E-state index is -0.372. The lowest BCUT2D eigenvalue weighted by atomic mass is 10.1. The lowest BCUT2D eigenvalue weighted by Crippen LogP contribution is -2.30. The molecular weight excluding hydrogens is 280 g/mol. The number of ether oxygens (including phenoxy) is 2. The second-order valence-corrected chi connectivity index (χ2v) is 5.58. The van der Waals surface area contributed by atoms with Crippen LogP contribution in [0.5, 0.6) is 0 Å². The Balaban J connectivity index is 1.61. The number of allylic oxidation sites excluding steroid dienone is 1. The quantitative estimate of drug-likeness (QED) is 0.489. The van der Waals surface area contributed by atoms with Crippen LogP contribution in [0.1, 0.15) is 25.0 Å². The molecule has 0 fully saturated rings. The second kappa shape index (κ2) is 6.75. The van der Waals surface area contributed by atoms with E-state index in [4.69, 9.17) is 9.47 Å². The highest BCUT2D eigenvalue weighted by Crippen LogP contribution is 2.24. The fourth-order valence-corrected chi connectivity index (χ4v) is 2.62. The van der Waals surface area contributed by atoms with Crippen molar-refractivity contribution in [3.63, 3.8) is 0 Å². The molecule has 1 aromatic rings. The summed E-state index contributed by atoms with van der Waals surface area (Å²) in [5.74, 6) is -0.372. The summed E-state index contributed by atoms with van der Waals surface area (Å²) in [7, 11) is 1.88. The van der Waals surface area contributed by atoms with Gasteiger partial charge in [-0.1, -0.05) is 24.3 Å². The minimum absolute atomic E-state index is 0.137. The molecule has 5 heteroatoms. The standard InChI is InChI=1S/C17H20N2O3/c1-19-11-13(18-12-19)7-10-17(20)22-15-6-4-2-3-5-14-8-9-16(15)21-14/h2,4,7-12,14-16H,3,5-6H2,1H3/b4-2-,10-7+/t14-,15+,16-/m1/s1. The molecular formula is C17H20N2O3. The number of esters is 1. The molecule has 0 saturated heterocycles. The van der Waals surface area contributed by atoms with E-state index in [0.29, 0.717) is 6.42 Å². The van der Waals surface area contributed by atoms with Gasteiger partial charge in [-0.2, -0.15) is 0 Å². The van der Waals surface area contributed by atoms with E-state index in [1.165, 1.54) is 6.08 Å². The summed E-state index contributed by atoms with van der Waals surface area (Å²) in [5, 5.41) is 0. The molecule has 2 bridgehead atoms. The van der Waals surface area contributed by atoms with Gasteiger partial charge >= 0.3 is 5.97 Å². The van der Waals surface area contributed by atoms with Crippen molar-refractivity contribution in [2.75, 3.05) is 0 Å². The molecule has 0 saturated carbocycles. The first kappa shape index (κ1) is 14.8. The maximum Gasteiger partial charge on any atom is 0.331 e. The predicted octanol–water partition coefficient (Wildman–Crippen LogP) is 2.41. The van der Waals surface area contributed by atoms with Crippen molar-refractivity contribution in [1.29, 1.82) is 0 Å². The molecule has 0 unspecified atom stereocenters. The van der Waals surface area contributed by atoms with Gasteiger partial charge in [0.25, 0.3) is 0 Å². The van der Waals surface area contributed by atoms with Crippen molar-refractivity contribution in [2.45, 2.75) is 37.6 Å². The Kier molecular flexibility index (Phi) is 4.53. The maximum absolute atomic E-state index is 12.0. The van der Waals surface area contributed by atoms with Crippen LogP contribution >= 0.6 is 0 Å². The first-order chi connectivity index (χ1) is 10.7. The van der Waals surface area contributed by atoms with Gasteiger partial charge in [0.1, 0.15) is 12.2 Å². The van der Waals surface area contributed by atoms with Crippen molar-refractivity contribution >= 4 is 12.0 Å². The largest absolute Gasteiger partial charge is 0.456 e. The Labute approximate surface area is 129 Å². The molecule has 116 valence electrons. The van der Waals surface area contributed by atoms with Crippen LogP contribution in [0, 0.1) is 0 Å². The van der Waals surface area contributed by atoms with E-state index in [1.54, 1.807) is 12.4 Å². The summed E-state index contributed by atoms with van der Waals surface area (Å²) >= 11 is 0. The molecule has 3 rings (SSSR count). The molecule has 2 aliphatic heterocycles. The third kappa shape index (κ3) is 3.74. The SMILES string of the molecule is Cn1cnc(/C=C/C(=O)O[C@H]2C/C=C\CC[C@@H]3C=C[C@H]2O3)c1. The van der Waals surface area contributed by atoms with Crippen LogP contribution in [-0.4, -0.2) is 33.8 Å². The van der Waals surface area contributed by atoms with Gasteiger partial charge < -0.3 is 14.0 Å². The van der Waals surface area contributed by atoms with Crippen LogP contribution in [0.15, 0.2) is 42.9 Å². The van der Waals surface area contributed by atoms with Crippen molar-refractivity contribution in [1.82, 2.24) is 9.55 Å². The first-order valence-corrected chi connectivity index (χ1v) is 7.56. The lowest BCUT2D eigenvalue weighted by molar-refractivity contribution is -0.149. The summed E-state index contributed by atoms with van der Waals surface area (Å²) in [5.41, 5.74) is 0.728. The van der Waals surface area contributed by atoms with Gasteiger partial charge in [0.2, 0.25) is 0 Å². The average Bonchev–Trinajstić information content (AvgIpc) is 3.14. The number of nitrogens with zero attached hydrogens (tertiary/aromatic N) is 2. The van der Waals surface area contributed by atoms with Crippen molar-refractivity contribution < 1.29 is 14.3 Å². The molecule has 3 atom stereocenters. The zero-order chi connectivity index (χ0) is 15.4. The zero-order valence-corrected chi connectivity index (χ0v) is 12.6. The number of hydrogen-bond acceptors (Lipinski definition) is 4. The molecule has 0 radical (unpaired) electrons. The van der Waals surface area contributed by atoms with Gasteiger partial charge in [-0.05, 0) is 18.9 Å². The summed E-state index contributed by atoms with van der Waals surface area (Å²) in [6, 6.07) is 0. The molecule has 0 amide bonds. The number of aromatic nitrogens is 2. The van der Waals surface area contributed by atoms with E-state index in [0.717, 1.165) is 18.5 Å². The van der Waals surface area contributed by atoms with Crippen LogP contribution < -0.4 is 0 Å². The van der Waals surface area contributed by atoms with Crippen LogP contribution in [-0.2, 0) is 21.3 Å². The van der Waals surface area contributed by atoms with E-state index >= 15 is 0 Å². The Morgan fingerprint density at radius 2 is 2.36 bits per heavy atom. The Morgan fingerprint density at radius 3 is 3.18 bits per heavy atom. The summed E-state index contributed by atoms with van der Waals surface area (Å²) in [6.45, 7) is 0. The molecule has 22 heavy (non-hydrogen) atoms. The third-order valence-electron chi connectivity index (χ3n) is 3.75. The smallest absolute Gasteiger partial charge is 0.331 e. The normalized spacial score (nSPS) is 29.0. The Hall–Kier alpha value is -2.14. The van der Waals surface area contributed by atoms with E-state index in [2.05, 4.69) is 23.2 Å². The summed E-state index contributed by atoms with van der Waals surface area (Å²) in [6.07, 6.45) is 17.2. The molecule has 0 aliphatic carbocycles. The highest BCUT2D eigenvalue weighted by Gasteiger charge is 2.29. The predicted molar refractivity (Wildman–Crippen MR) is 82.9 cm³/mol. The maximum atomic E-state index is 12.0. The van der Waals surface area contributed by atoms with Gasteiger partial charge in [-0.25, -0.2) is 9.78 Å². The minimum Gasteiger partial charge on any atom is -0.456 e. The molecule has 3 heterocycles. The highest BCUT2D eigenvalue weighted by molar-refractivity contribution is 5.86. The van der Waals surface area contributed by atoms with Gasteiger partial charge in [-0.3, -0.25) is 0 Å². The second-order valence-electron chi connectivity index (χ2n) is 5.58. The van der Waals surface area contributed by atoms with Crippen LogP contribution in [0.2, 0.25) is 0 Å². The highest BCUT2D eigenvalue weighted by atomic mass is 16.6. The molecule has 0 aromatic carbocycles. The van der Waals surface area contributed by atoms with E-state index in [9.17, 15) is 4.79 Å². The zero-order valence-electron chi connectivity index (χ0n) is 12.6. The number of rotatable bonds is 3. The van der Waals surface area contributed by atoms with E-state index < -0.39 is 0 Å². The van der Waals surface area contributed by atoms with E-state index in [1.807, 2.05) is 23.9 Å². The van der Waals surface area contributed by atoms with Gasteiger partial charge in [-0.15, -0.1) is 0 Å². The molecule has 0 N–H and O–H groups in total. The fraction of sp³-hybridized carbons (Fsp3) is 0.412. The van der Waals surface area contributed by atoms with Crippen molar-refractivity contribution in [3.05, 3.63) is 48.6 Å². The lowest BCUT2D eigenvalue weighted by Gasteiger charge is -2.21. The van der Waals surface area contributed by atoms with Gasteiger partial charge in [0.15, 0.2) is 0 Å². The first-order valence-electron chi connectivity index (χ1n) is 7.56. The molecule has 2 aliphatic rings. The molecule has 0 spiro atoms. The molecule has 5 nitrogen and oxygen atoms in total. The van der Waals surface area contributed by atoms with Crippen LogP contribution in [0.25, 0.3) is 6.08 Å². The van der Waals surface area contributed by atoms with Crippen LogP contribution in [0.3, 0.4) is 0 Å². The number of fused-ring (bicyclic) bond motifs is 2.